The molecule has 0 radical (unpaired) electrons. The summed E-state index contributed by atoms with van der Waals surface area (Å²) in [4.78, 5) is 7.07. The number of rotatable bonds is 5. The average Bonchev–Trinajstić information content (AvgIpc) is 2.87. The summed E-state index contributed by atoms with van der Waals surface area (Å²) in [5.74, 6) is 0.685. The minimum absolute atomic E-state index is 0.446. The molecule has 1 aromatic rings. The molecule has 2 heterocycles. The molecule has 5 nitrogen and oxygen atoms in total. The second kappa shape index (κ2) is 6.28. The smallest absolute Gasteiger partial charge is 0.243 e. The minimum atomic E-state index is 0.446. The Morgan fingerprint density at radius 2 is 1.95 bits per heavy atom. The van der Waals surface area contributed by atoms with Gasteiger partial charge in [0.25, 0.3) is 0 Å². The number of nitrogens with zero attached hydrogens (tertiary/aromatic N) is 4. The molecule has 106 valence electrons. The zero-order chi connectivity index (χ0) is 13.8. The SMILES string of the molecule is CCc1nnc(NC2CCN(C(C)C)C2)nc1CC. The lowest BCUT2D eigenvalue weighted by Crippen LogP contribution is -2.31. The van der Waals surface area contributed by atoms with Gasteiger partial charge in [-0.2, -0.15) is 5.10 Å². The molecule has 1 fully saturated rings. The number of anilines is 1. The molecule has 5 heteroatoms. The van der Waals surface area contributed by atoms with E-state index < -0.39 is 0 Å². The summed E-state index contributed by atoms with van der Waals surface area (Å²) in [5, 5.41) is 11.9. The monoisotopic (exact) mass is 263 g/mol. The minimum Gasteiger partial charge on any atom is -0.349 e. The molecule has 0 saturated carbocycles. The van der Waals surface area contributed by atoms with Crippen molar-refractivity contribution in [3.63, 3.8) is 0 Å². The first kappa shape index (κ1) is 14.2. The first-order valence-corrected chi connectivity index (χ1v) is 7.37. The second-order valence-corrected chi connectivity index (χ2v) is 5.45. The van der Waals surface area contributed by atoms with Crippen LogP contribution >= 0.6 is 0 Å². The van der Waals surface area contributed by atoms with Crippen molar-refractivity contribution >= 4 is 5.95 Å². The molecule has 0 aromatic carbocycles. The quantitative estimate of drug-likeness (QED) is 0.879. The van der Waals surface area contributed by atoms with E-state index in [0.29, 0.717) is 18.0 Å². The first-order valence-electron chi connectivity index (χ1n) is 7.37. The highest BCUT2D eigenvalue weighted by atomic mass is 15.3. The number of aromatic nitrogens is 3. The Morgan fingerprint density at radius 3 is 2.53 bits per heavy atom. The van der Waals surface area contributed by atoms with Crippen molar-refractivity contribution in [2.24, 2.45) is 0 Å². The summed E-state index contributed by atoms with van der Waals surface area (Å²) in [7, 11) is 0. The molecular weight excluding hydrogens is 238 g/mol. The number of aryl methyl sites for hydroxylation is 2. The fraction of sp³-hybridized carbons (Fsp3) is 0.786. The molecule has 0 amide bonds. The molecular formula is C14H25N5. The van der Waals surface area contributed by atoms with Crippen molar-refractivity contribution in [1.82, 2.24) is 20.1 Å². The van der Waals surface area contributed by atoms with Gasteiger partial charge in [0, 0.05) is 25.2 Å². The lowest BCUT2D eigenvalue weighted by Gasteiger charge is -2.20. The van der Waals surface area contributed by atoms with Gasteiger partial charge in [-0.25, -0.2) is 4.98 Å². The van der Waals surface area contributed by atoms with Crippen LogP contribution in [0.2, 0.25) is 0 Å². The third kappa shape index (κ3) is 3.41. The fourth-order valence-electron chi connectivity index (χ4n) is 2.56. The third-order valence-electron chi connectivity index (χ3n) is 3.79. The van der Waals surface area contributed by atoms with Crippen LogP contribution < -0.4 is 5.32 Å². The van der Waals surface area contributed by atoms with Crippen molar-refractivity contribution in [2.45, 2.75) is 59.0 Å². The van der Waals surface area contributed by atoms with E-state index in [4.69, 9.17) is 0 Å². The van der Waals surface area contributed by atoms with E-state index in [9.17, 15) is 0 Å². The van der Waals surface area contributed by atoms with E-state index in [-0.39, 0.29) is 0 Å². The Bertz CT molecular complexity index is 418. The third-order valence-corrected chi connectivity index (χ3v) is 3.79. The van der Waals surface area contributed by atoms with Crippen molar-refractivity contribution in [1.29, 1.82) is 0 Å². The van der Waals surface area contributed by atoms with Crippen molar-refractivity contribution in [3.05, 3.63) is 11.4 Å². The van der Waals surface area contributed by atoms with E-state index in [2.05, 4.69) is 53.1 Å². The van der Waals surface area contributed by atoms with Crippen LogP contribution in [-0.4, -0.2) is 45.3 Å². The van der Waals surface area contributed by atoms with Crippen LogP contribution in [0.15, 0.2) is 0 Å². The van der Waals surface area contributed by atoms with E-state index >= 15 is 0 Å². The summed E-state index contributed by atoms with van der Waals surface area (Å²) >= 11 is 0. The van der Waals surface area contributed by atoms with Gasteiger partial charge in [-0.3, -0.25) is 4.90 Å². The summed E-state index contributed by atoms with van der Waals surface area (Å²) in [6, 6.07) is 1.06. The second-order valence-electron chi connectivity index (χ2n) is 5.45. The molecule has 1 unspecified atom stereocenters. The molecule has 1 aliphatic heterocycles. The van der Waals surface area contributed by atoms with Crippen LogP contribution in [-0.2, 0) is 12.8 Å². The molecule has 1 saturated heterocycles. The van der Waals surface area contributed by atoms with Crippen molar-refractivity contribution in [2.75, 3.05) is 18.4 Å². The highest BCUT2D eigenvalue weighted by molar-refractivity contribution is 5.28. The Morgan fingerprint density at radius 1 is 1.21 bits per heavy atom. The number of likely N-dealkylation sites (tertiary alicyclic amines) is 1. The number of hydrogen-bond acceptors (Lipinski definition) is 5. The predicted octanol–water partition coefficient (Wildman–Crippen LogP) is 1.89. The molecule has 0 spiro atoms. The predicted molar refractivity (Wildman–Crippen MR) is 77.3 cm³/mol. The van der Waals surface area contributed by atoms with Gasteiger partial charge in [0.2, 0.25) is 5.95 Å². The highest BCUT2D eigenvalue weighted by Crippen LogP contribution is 2.16. The van der Waals surface area contributed by atoms with Crippen LogP contribution in [0, 0.1) is 0 Å². The van der Waals surface area contributed by atoms with Gasteiger partial charge in [0.15, 0.2) is 0 Å². The molecule has 1 N–H and O–H groups in total. The topological polar surface area (TPSA) is 53.9 Å². The lowest BCUT2D eigenvalue weighted by atomic mass is 10.2. The van der Waals surface area contributed by atoms with Gasteiger partial charge in [0.1, 0.15) is 0 Å². The van der Waals surface area contributed by atoms with Gasteiger partial charge in [0.05, 0.1) is 11.4 Å². The van der Waals surface area contributed by atoms with Gasteiger partial charge in [-0.15, -0.1) is 5.10 Å². The lowest BCUT2D eigenvalue weighted by molar-refractivity contribution is 0.274. The van der Waals surface area contributed by atoms with E-state index in [1.54, 1.807) is 0 Å². The highest BCUT2D eigenvalue weighted by Gasteiger charge is 2.24. The number of hydrogen-bond donors (Lipinski definition) is 1. The van der Waals surface area contributed by atoms with Crippen LogP contribution in [0.1, 0.15) is 45.5 Å². The summed E-state index contributed by atoms with van der Waals surface area (Å²) < 4.78 is 0. The Balaban J connectivity index is 2.00. The Labute approximate surface area is 115 Å². The zero-order valence-electron chi connectivity index (χ0n) is 12.5. The van der Waals surface area contributed by atoms with E-state index in [0.717, 1.165) is 43.7 Å². The molecule has 1 aliphatic rings. The maximum absolute atomic E-state index is 4.59. The van der Waals surface area contributed by atoms with Crippen LogP contribution in [0.5, 0.6) is 0 Å². The normalized spacial score (nSPS) is 20.2. The summed E-state index contributed by atoms with van der Waals surface area (Å²) in [6.07, 6.45) is 2.96. The van der Waals surface area contributed by atoms with Crippen LogP contribution in [0.4, 0.5) is 5.95 Å². The van der Waals surface area contributed by atoms with Gasteiger partial charge in [-0.05, 0) is 33.1 Å². The van der Waals surface area contributed by atoms with Gasteiger partial charge in [-0.1, -0.05) is 13.8 Å². The standard InChI is InChI=1S/C14H25N5/c1-5-12-13(6-2)17-18-14(16-12)15-11-7-8-19(9-11)10(3)4/h10-11H,5-9H2,1-4H3,(H,15,16,18). The molecule has 19 heavy (non-hydrogen) atoms. The zero-order valence-corrected chi connectivity index (χ0v) is 12.5. The molecule has 2 rings (SSSR count). The molecule has 1 aromatic heterocycles. The van der Waals surface area contributed by atoms with Crippen LogP contribution in [0.3, 0.4) is 0 Å². The molecule has 0 bridgehead atoms. The summed E-state index contributed by atoms with van der Waals surface area (Å²) in [6.45, 7) is 10.9. The Hall–Kier alpha value is -1.23. The fourth-order valence-corrected chi connectivity index (χ4v) is 2.56. The van der Waals surface area contributed by atoms with E-state index in [1.165, 1.54) is 0 Å². The van der Waals surface area contributed by atoms with Crippen molar-refractivity contribution < 1.29 is 0 Å². The van der Waals surface area contributed by atoms with E-state index in [1.807, 2.05) is 0 Å². The molecule has 1 atom stereocenters. The molecule has 0 aliphatic carbocycles. The largest absolute Gasteiger partial charge is 0.349 e. The summed E-state index contributed by atoms with van der Waals surface area (Å²) in [5.41, 5.74) is 2.09. The van der Waals surface area contributed by atoms with Crippen molar-refractivity contribution in [3.8, 4) is 0 Å². The maximum atomic E-state index is 4.59. The maximum Gasteiger partial charge on any atom is 0.243 e. The van der Waals surface area contributed by atoms with Gasteiger partial charge < -0.3 is 5.32 Å². The van der Waals surface area contributed by atoms with Gasteiger partial charge >= 0.3 is 0 Å². The Kier molecular flexibility index (Phi) is 4.69. The first-order chi connectivity index (χ1) is 9.13. The van der Waals surface area contributed by atoms with Crippen LogP contribution in [0.25, 0.3) is 0 Å². The number of nitrogens with one attached hydrogen (secondary N) is 1. The average molecular weight is 263 g/mol.